The van der Waals surface area contributed by atoms with Crippen molar-refractivity contribution < 1.29 is 17.9 Å². The van der Waals surface area contributed by atoms with Gasteiger partial charge in [0.15, 0.2) is 0 Å². The average Bonchev–Trinajstić information content (AvgIpc) is 2.55. The van der Waals surface area contributed by atoms with Crippen molar-refractivity contribution in [3.05, 3.63) is 64.7 Å². The molecule has 1 unspecified atom stereocenters. The SMILES string of the molecule is CCOC(=O)CC(NS(=O)(=O)c1ccc(Cl)cc1)c1ccc(C)cc1. The van der Waals surface area contributed by atoms with Crippen LogP contribution in [0.25, 0.3) is 0 Å². The summed E-state index contributed by atoms with van der Waals surface area (Å²) in [6, 6.07) is 12.4. The maximum atomic E-state index is 12.6. The smallest absolute Gasteiger partial charge is 0.307 e. The Balaban J connectivity index is 2.29. The van der Waals surface area contributed by atoms with Crippen molar-refractivity contribution in [3.63, 3.8) is 0 Å². The van der Waals surface area contributed by atoms with E-state index in [0.29, 0.717) is 10.6 Å². The topological polar surface area (TPSA) is 72.5 Å². The first-order valence-electron chi connectivity index (χ1n) is 7.82. The Morgan fingerprint density at radius 3 is 2.28 bits per heavy atom. The summed E-state index contributed by atoms with van der Waals surface area (Å²) < 4.78 is 32.8. The largest absolute Gasteiger partial charge is 0.466 e. The number of esters is 1. The molecule has 0 spiro atoms. The molecule has 1 atom stereocenters. The number of benzene rings is 2. The van der Waals surface area contributed by atoms with Gasteiger partial charge in [-0.25, -0.2) is 13.1 Å². The molecule has 0 saturated heterocycles. The second-order valence-corrected chi connectivity index (χ2v) is 7.70. The van der Waals surface area contributed by atoms with Crippen LogP contribution in [0.1, 0.15) is 30.5 Å². The highest BCUT2D eigenvalue weighted by molar-refractivity contribution is 7.89. The number of hydrogen-bond donors (Lipinski definition) is 1. The Labute approximate surface area is 153 Å². The van der Waals surface area contributed by atoms with Crippen LogP contribution in [0.4, 0.5) is 0 Å². The van der Waals surface area contributed by atoms with Gasteiger partial charge in [0.05, 0.1) is 24.0 Å². The highest BCUT2D eigenvalue weighted by Gasteiger charge is 2.24. The van der Waals surface area contributed by atoms with Gasteiger partial charge in [-0.15, -0.1) is 0 Å². The van der Waals surface area contributed by atoms with E-state index >= 15 is 0 Å². The summed E-state index contributed by atoms with van der Waals surface area (Å²) in [5.74, 6) is -0.466. The molecule has 0 aliphatic rings. The molecule has 1 N–H and O–H groups in total. The van der Waals surface area contributed by atoms with Gasteiger partial charge in [0.25, 0.3) is 0 Å². The maximum absolute atomic E-state index is 12.6. The molecular formula is C18H20ClNO4S. The minimum atomic E-state index is -3.81. The van der Waals surface area contributed by atoms with E-state index in [4.69, 9.17) is 16.3 Å². The Hall–Kier alpha value is -1.89. The standard InChI is InChI=1S/C18H20ClNO4S/c1-3-24-18(21)12-17(14-6-4-13(2)5-7-14)20-25(22,23)16-10-8-15(19)9-11-16/h4-11,17,20H,3,12H2,1-2H3. The molecule has 5 nitrogen and oxygen atoms in total. The van der Waals surface area contributed by atoms with Gasteiger partial charge in [0.1, 0.15) is 0 Å². The van der Waals surface area contributed by atoms with E-state index in [-0.39, 0.29) is 17.9 Å². The van der Waals surface area contributed by atoms with Crippen LogP contribution >= 0.6 is 11.6 Å². The van der Waals surface area contributed by atoms with E-state index in [2.05, 4.69) is 4.72 Å². The lowest BCUT2D eigenvalue weighted by Gasteiger charge is -2.19. The van der Waals surface area contributed by atoms with Crippen LogP contribution in [0.3, 0.4) is 0 Å². The van der Waals surface area contributed by atoms with Crippen LogP contribution in [0, 0.1) is 6.92 Å². The number of halogens is 1. The van der Waals surface area contributed by atoms with Crippen LogP contribution < -0.4 is 4.72 Å². The van der Waals surface area contributed by atoms with Crippen molar-refractivity contribution >= 4 is 27.6 Å². The minimum absolute atomic E-state index is 0.0814. The Morgan fingerprint density at radius 2 is 1.72 bits per heavy atom. The van der Waals surface area contributed by atoms with Crippen LogP contribution in [0.2, 0.25) is 5.02 Å². The van der Waals surface area contributed by atoms with Crippen LogP contribution in [-0.2, 0) is 19.6 Å². The number of ether oxygens (including phenoxy) is 1. The first-order valence-corrected chi connectivity index (χ1v) is 9.68. The quantitative estimate of drug-likeness (QED) is 0.743. The monoisotopic (exact) mass is 381 g/mol. The fourth-order valence-electron chi connectivity index (χ4n) is 2.28. The Morgan fingerprint density at radius 1 is 1.12 bits per heavy atom. The van der Waals surface area contributed by atoms with E-state index < -0.39 is 22.0 Å². The number of rotatable bonds is 7. The highest BCUT2D eigenvalue weighted by atomic mass is 35.5. The molecule has 0 amide bonds. The van der Waals surface area contributed by atoms with Crippen molar-refractivity contribution in [3.8, 4) is 0 Å². The highest BCUT2D eigenvalue weighted by Crippen LogP contribution is 2.22. The van der Waals surface area contributed by atoms with Gasteiger partial charge < -0.3 is 4.74 Å². The lowest BCUT2D eigenvalue weighted by Crippen LogP contribution is -2.30. The third-order valence-corrected chi connectivity index (χ3v) is 5.32. The van der Waals surface area contributed by atoms with Crippen molar-refractivity contribution in [2.75, 3.05) is 6.61 Å². The van der Waals surface area contributed by atoms with E-state index in [0.717, 1.165) is 5.56 Å². The molecule has 0 bridgehead atoms. The molecule has 2 aromatic carbocycles. The van der Waals surface area contributed by atoms with Gasteiger partial charge in [-0.05, 0) is 43.7 Å². The fraction of sp³-hybridized carbons (Fsp3) is 0.278. The lowest BCUT2D eigenvalue weighted by atomic mass is 10.0. The van der Waals surface area contributed by atoms with Gasteiger partial charge >= 0.3 is 5.97 Å². The third kappa shape index (κ3) is 5.56. The second-order valence-electron chi connectivity index (χ2n) is 5.55. The van der Waals surface area contributed by atoms with Gasteiger partial charge in [-0.1, -0.05) is 41.4 Å². The van der Waals surface area contributed by atoms with Gasteiger partial charge in [-0.2, -0.15) is 0 Å². The molecule has 0 aliphatic heterocycles. The molecule has 2 rings (SSSR count). The van der Waals surface area contributed by atoms with E-state index in [1.807, 2.05) is 19.1 Å². The van der Waals surface area contributed by atoms with Gasteiger partial charge in [0, 0.05) is 5.02 Å². The third-order valence-electron chi connectivity index (χ3n) is 3.58. The van der Waals surface area contributed by atoms with Gasteiger partial charge in [-0.3, -0.25) is 4.79 Å². The first kappa shape index (κ1) is 19.4. The maximum Gasteiger partial charge on any atom is 0.307 e. The van der Waals surface area contributed by atoms with Crippen molar-refractivity contribution in [1.82, 2.24) is 4.72 Å². The number of aryl methyl sites for hydroxylation is 1. The summed E-state index contributed by atoms with van der Waals surface area (Å²) in [5, 5.41) is 0.445. The molecule has 2 aromatic rings. The number of sulfonamides is 1. The summed E-state index contributed by atoms with van der Waals surface area (Å²) in [6.45, 7) is 3.88. The number of carbonyl (C=O) groups excluding carboxylic acids is 1. The zero-order valence-corrected chi connectivity index (χ0v) is 15.6. The van der Waals surface area contributed by atoms with Crippen molar-refractivity contribution in [1.29, 1.82) is 0 Å². The molecule has 0 heterocycles. The molecule has 0 saturated carbocycles. The molecule has 0 fully saturated rings. The summed E-state index contributed by atoms with van der Waals surface area (Å²) in [4.78, 5) is 12.0. The number of hydrogen-bond acceptors (Lipinski definition) is 4. The van der Waals surface area contributed by atoms with E-state index in [9.17, 15) is 13.2 Å². The predicted octanol–water partition coefficient (Wildman–Crippen LogP) is 3.62. The zero-order chi connectivity index (χ0) is 18.4. The minimum Gasteiger partial charge on any atom is -0.466 e. The number of nitrogens with one attached hydrogen (secondary N) is 1. The Bertz CT molecular complexity index is 817. The summed E-state index contributed by atoms with van der Waals surface area (Å²) in [7, 11) is -3.81. The molecule has 0 aromatic heterocycles. The van der Waals surface area contributed by atoms with Crippen LogP contribution in [0.5, 0.6) is 0 Å². The molecule has 0 radical (unpaired) electrons. The summed E-state index contributed by atoms with van der Waals surface area (Å²) >= 11 is 5.81. The van der Waals surface area contributed by atoms with Crippen LogP contribution in [0.15, 0.2) is 53.4 Å². The average molecular weight is 382 g/mol. The fourth-order valence-corrected chi connectivity index (χ4v) is 3.63. The zero-order valence-electron chi connectivity index (χ0n) is 14.0. The molecule has 134 valence electrons. The van der Waals surface area contributed by atoms with E-state index in [1.165, 1.54) is 24.3 Å². The normalized spacial score (nSPS) is 12.6. The lowest BCUT2D eigenvalue weighted by molar-refractivity contribution is -0.143. The van der Waals surface area contributed by atoms with Crippen molar-refractivity contribution in [2.45, 2.75) is 31.2 Å². The number of carbonyl (C=O) groups is 1. The molecular weight excluding hydrogens is 362 g/mol. The second kappa shape index (κ2) is 8.47. The Kier molecular flexibility index (Phi) is 6.58. The molecule has 25 heavy (non-hydrogen) atoms. The predicted molar refractivity (Wildman–Crippen MR) is 96.9 cm³/mol. The molecule has 7 heteroatoms. The van der Waals surface area contributed by atoms with E-state index in [1.54, 1.807) is 19.1 Å². The molecule has 0 aliphatic carbocycles. The summed E-state index contributed by atoms with van der Waals surface area (Å²) in [5.41, 5.74) is 1.73. The van der Waals surface area contributed by atoms with Gasteiger partial charge in [0.2, 0.25) is 10.0 Å². The van der Waals surface area contributed by atoms with Crippen molar-refractivity contribution in [2.24, 2.45) is 0 Å². The summed E-state index contributed by atoms with van der Waals surface area (Å²) in [6.07, 6.45) is -0.0935. The van der Waals surface area contributed by atoms with Crippen LogP contribution in [-0.4, -0.2) is 21.0 Å². The first-order chi connectivity index (χ1) is 11.8.